The molecule has 0 aliphatic heterocycles. The van der Waals surface area contributed by atoms with Gasteiger partial charge in [0.05, 0.1) is 13.2 Å². The van der Waals surface area contributed by atoms with Crippen LogP contribution in [0, 0.1) is 0 Å². The summed E-state index contributed by atoms with van der Waals surface area (Å²) < 4.78 is 10.6. The van der Waals surface area contributed by atoms with Gasteiger partial charge in [0.15, 0.2) is 0 Å². The lowest BCUT2D eigenvalue weighted by Crippen LogP contribution is -2.34. The number of methoxy groups -OCH3 is 1. The summed E-state index contributed by atoms with van der Waals surface area (Å²) in [6.07, 6.45) is 3.19. The average Bonchev–Trinajstić information content (AvgIpc) is 2.51. The Morgan fingerprint density at radius 3 is 2.45 bits per heavy atom. The van der Waals surface area contributed by atoms with Crippen molar-refractivity contribution >= 4 is 11.9 Å². The zero-order chi connectivity index (χ0) is 16.4. The summed E-state index contributed by atoms with van der Waals surface area (Å²) >= 11 is 0. The molecule has 5 nitrogen and oxygen atoms in total. The lowest BCUT2D eigenvalue weighted by atomic mass is 10.2. The normalized spacial score (nSPS) is 11.4. The molecule has 1 amide bonds. The summed E-state index contributed by atoms with van der Waals surface area (Å²) in [5.74, 6) is 0.473. The zero-order valence-corrected chi connectivity index (χ0v) is 13.9. The molecule has 0 radical (unpaired) electrons. The molecule has 1 aromatic carbocycles. The van der Waals surface area contributed by atoms with Gasteiger partial charge in [-0.15, -0.1) is 0 Å². The first kappa shape index (κ1) is 18.0. The number of benzene rings is 1. The standard InChI is InChI=1S/C17H26N2O3/c1-5-6-7-12-18-17(22-13(2)3)19-16(20)14-8-10-15(21-4)11-9-14/h8-11,13H,5-7,12H2,1-4H3,(H,18,19,20). The number of nitrogens with zero attached hydrogens (tertiary/aromatic N) is 1. The van der Waals surface area contributed by atoms with Crippen molar-refractivity contribution < 1.29 is 14.3 Å². The van der Waals surface area contributed by atoms with Crippen LogP contribution in [0.2, 0.25) is 0 Å². The SMILES string of the molecule is CCCCCN=C(NC(=O)c1ccc(OC)cc1)OC(C)C. The van der Waals surface area contributed by atoms with Crippen LogP contribution in [0.1, 0.15) is 50.4 Å². The van der Waals surface area contributed by atoms with E-state index in [1.807, 2.05) is 13.8 Å². The van der Waals surface area contributed by atoms with Crippen molar-refractivity contribution in [3.8, 4) is 5.75 Å². The molecule has 0 spiro atoms. The van der Waals surface area contributed by atoms with Crippen LogP contribution in [0.15, 0.2) is 29.3 Å². The minimum absolute atomic E-state index is 0.0407. The molecule has 1 aromatic rings. The van der Waals surface area contributed by atoms with Gasteiger partial charge in [0.25, 0.3) is 11.9 Å². The molecule has 0 heterocycles. The Bertz CT molecular complexity index is 481. The Kier molecular flexibility index (Phi) is 8.04. The molecule has 0 aromatic heterocycles. The molecule has 0 aliphatic carbocycles. The minimum Gasteiger partial charge on any atom is -0.497 e. The number of nitrogens with one attached hydrogen (secondary N) is 1. The quantitative estimate of drug-likeness (QED) is 0.477. The largest absolute Gasteiger partial charge is 0.497 e. The minimum atomic E-state index is -0.238. The smallest absolute Gasteiger partial charge is 0.291 e. The van der Waals surface area contributed by atoms with E-state index in [4.69, 9.17) is 9.47 Å². The lowest BCUT2D eigenvalue weighted by molar-refractivity contribution is 0.0959. The van der Waals surface area contributed by atoms with Gasteiger partial charge in [-0.25, -0.2) is 4.99 Å². The molecular weight excluding hydrogens is 280 g/mol. The predicted octanol–water partition coefficient (Wildman–Crippen LogP) is 3.40. The van der Waals surface area contributed by atoms with Crippen molar-refractivity contribution in [2.45, 2.75) is 46.1 Å². The third kappa shape index (κ3) is 6.61. The first-order valence-electron chi connectivity index (χ1n) is 7.73. The van der Waals surface area contributed by atoms with Gasteiger partial charge in [0.2, 0.25) is 0 Å². The highest BCUT2D eigenvalue weighted by Gasteiger charge is 2.11. The Morgan fingerprint density at radius 2 is 1.91 bits per heavy atom. The van der Waals surface area contributed by atoms with Crippen LogP contribution in [-0.2, 0) is 4.74 Å². The van der Waals surface area contributed by atoms with E-state index < -0.39 is 0 Å². The number of amidine groups is 1. The summed E-state index contributed by atoms with van der Waals surface area (Å²) in [4.78, 5) is 16.6. The molecule has 122 valence electrons. The number of hydrogen-bond acceptors (Lipinski definition) is 4. The Hall–Kier alpha value is -2.04. The summed E-state index contributed by atoms with van der Waals surface area (Å²) in [6.45, 7) is 6.60. The van der Waals surface area contributed by atoms with E-state index in [1.165, 1.54) is 0 Å². The second kappa shape index (κ2) is 9.82. The van der Waals surface area contributed by atoms with Crippen molar-refractivity contribution in [1.82, 2.24) is 5.32 Å². The first-order valence-corrected chi connectivity index (χ1v) is 7.73. The van der Waals surface area contributed by atoms with E-state index in [2.05, 4.69) is 17.2 Å². The topological polar surface area (TPSA) is 59.9 Å². The van der Waals surface area contributed by atoms with Gasteiger partial charge in [0, 0.05) is 12.1 Å². The molecule has 0 aliphatic rings. The Morgan fingerprint density at radius 1 is 1.23 bits per heavy atom. The summed E-state index contributed by atoms with van der Waals surface area (Å²) in [6, 6.07) is 7.19. The van der Waals surface area contributed by atoms with Crippen molar-refractivity contribution in [3.63, 3.8) is 0 Å². The van der Waals surface area contributed by atoms with Crippen LogP contribution in [0.4, 0.5) is 0 Å². The highest BCUT2D eigenvalue weighted by atomic mass is 16.5. The third-order valence-electron chi connectivity index (χ3n) is 2.94. The average molecular weight is 306 g/mol. The monoisotopic (exact) mass is 306 g/mol. The number of ether oxygens (including phenoxy) is 2. The Labute approximate surface area is 132 Å². The maximum Gasteiger partial charge on any atom is 0.291 e. The van der Waals surface area contributed by atoms with E-state index in [9.17, 15) is 4.79 Å². The van der Waals surface area contributed by atoms with E-state index >= 15 is 0 Å². The zero-order valence-electron chi connectivity index (χ0n) is 13.9. The fourth-order valence-corrected chi connectivity index (χ4v) is 1.78. The second-order valence-electron chi connectivity index (χ2n) is 5.24. The molecule has 0 atom stereocenters. The lowest BCUT2D eigenvalue weighted by Gasteiger charge is -2.13. The van der Waals surface area contributed by atoms with E-state index in [0.717, 1.165) is 19.3 Å². The molecule has 0 saturated heterocycles. The molecule has 1 N–H and O–H groups in total. The van der Waals surface area contributed by atoms with Crippen molar-refractivity contribution in [2.24, 2.45) is 4.99 Å². The van der Waals surface area contributed by atoms with Crippen LogP contribution in [0.25, 0.3) is 0 Å². The first-order chi connectivity index (χ1) is 10.6. The van der Waals surface area contributed by atoms with Gasteiger partial charge < -0.3 is 9.47 Å². The number of carbonyl (C=O) groups excluding carboxylic acids is 1. The number of carbonyl (C=O) groups is 1. The van der Waals surface area contributed by atoms with E-state index in [0.29, 0.717) is 17.9 Å². The summed E-state index contributed by atoms with van der Waals surface area (Å²) in [5, 5.41) is 2.73. The molecule has 5 heteroatoms. The third-order valence-corrected chi connectivity index (χ3v) is 2.94. The molecular formula is C17H26N2O3. The molecule has 0 bridgehead atoms. The molecule has 0 fully saturated rings. The van der Waals surface area contributed by atoms with E-state index in [-0.39, 0.29) is 18.0 Å². The maximum atomic E-state index is 12.2. The van der Waals surface area contributed by atoms with Crippen molar-refractivity contribution in [3.05, 3.63) is 29.8 Å². The van der Waals surface area contributed by atoms with Gasteiger partial charge in [-0.3, -0.25) is 10.1 Å². The highest BCUT2D eigenvalue weighted by Crippen LogP contribution is 2.11. The van der Waals surface area contributed by atoms with E-state index in [1.54, 1.807) is 31.4 Å². The number of amides is 1. The van der Waals surface area contributed by atoms with Gasteiger partial charge in [-0.2, -0.15) is 0 Å². The number of aliphatic imine (C=N–C) groups is 1. The molecule has 1 rings (SSSR count). The van der Waals surface area contributed by atoms with Gasteiger partial charge in [0.1, 0.15) is 5.75 Å². The number of unbranched alkanes of at least 4 members (excludes halogenated alkanes) is 2. The Balaban J connectivity index is 2.67. The van der Waals surface area contributed by atoms with Gasteiger partial charge in [-0.1, -0.05) is 19.8 Å². The van der Waals surface area contributed by atoms with Crippen LogP contribution < -0.4 is 10.1 Å². The molecule has 0 saturated carbocycles. The molecule has 0 unspecified atom stereocenters. The van der Waals surface area contributed by atoms with Crippen LogP contribution in [-0.4, -0.2) is 31.7 Å². The van der Waals surface area contributed by atoms with Crippen molar-refractivity contribution in [1.29, 1.82) is 0 Å². The summed E-state index contributed by atoms with van der Waals surface area (Å²) in [7, 11) is 1.59. The second-order valence-corrected chi connectivity index (χ2v) is 5.24. The van der Waals surface area contributed by atoms with Gasteiger partial charge >= 0.3 is 0 Å². The van der Waals surface area contributed by atoms with Crippen molar-refractivity contribution in [2.75, 3.05) is 13.7 Å². The van der Waals surface area contributed by atoms with Crippen LogP contribution >= 0.6 is 0 Å². The number of hydrogen-bond donors (Lipinski definition) is 1. The molecule has 22 heavy (non-hydrogen) atoms. The predicted molar refractivity (Wildman–Crippen MR) is 88.5 cm³/mol. The van der Waals surface area contributed by atoms with Crippen LogP contribution in [0.5, 0.6) is 5.75 Å². The summed E-state index contributed by atoms with van der Waals surface area (Å²) in [5.41, 5.74) is 0.536. The number of rotatable bonds is 7. The maximum absolute atomic E-state index is 12.2. The fraction of sp³-hybridized carbons (Fsp3) is 0.529. The van der Waals surface area contributed by atoms with Crippen LogP contribution in [0.3, 0.4) is 0 Å². The highest BCUT2D eigenvalue weighted by molar-refractivity contribution is 6.04. The fourth-order valence-electron chi connectivity index (χ4n) is 1.78. The van der Waals surface area contributed by atoms with Gasteiger partial charge in [-0.05, 0) is 44.5 Å².